The molecule has 1 saturated heterocycles. The molecule has 1 aliphatic heterocycles. The lowest BCUT2D eigenvalue weighted by atomic mass is 9.92. The third-order valence-electron chi connectivity index (χ3n) is 3.98. The summed E-state index contributed by atoms with van der Waals surface area (Å²) >= 11 is 0. The molecule has 0 radical (unpaired) electrons. The molecule has 116 valence electrons. The van der Waals surface area contributed by atoms with Crippen LogP contribution in [0.3, 0.4) is 0 Å². The van der Waals surface area contributed by atoms with Crippen molar-refractivity contribution in [3.05, 3.63) is 53.9 Å². The predicted molar refractivity (Wildman–Crippen MR) is 84.9 cm³/mol. The lowest BCUT2D eigenvalue weighted by Crippen LogP contribution is -2.56. The second kappa shape index (κ2) is 6.42. The quantitative estimate of drug-likeness (QED) is 0.929. The van der Waals surface area contributed by atoms with Crippen LogP contribution in [0.15, 0.2) is 42.7 Å². The van der Waals surface area contributed by atoms with E-state index in [2.05, 4.69) is 40.0 Å². The molecule has 0 amide bonds. The van der Waals surface area contributed by atoms with E-state index >= 15 is 0 Å². The van der Waals surface area contributed by atoms with E-state index in [1.54, 1.807) is 18.5 Å². The molecule has 2 aromatic rings. The summed E-state index contributed by atoms with van der Waals surface area (Å²) in [5, 5.41) is 9.94. The highest BCUT2D eigenvalue weighted by atomic mass is 16.5. The second-order valence-corrected chi connectivity index (χ2v) is 5.83. The molecule has 1 N–H and O–H groups in total. The summed E-state index contributed by atoms with van der Waals surface area (Å²) in [4.78, 5) is 10.7. The van der Waals surface area contributed by atoms with Crippen LogP contribution < -0.4 is 4.90 Å². The Bertz CT molecular complexity index is 620. The number of ether oxygens (including phenoxy) is 1. The smallest absolute Gasteiger partial charge is 0.225 e. The van der Waals surface area contributed by atoms with E-state index in [-0.39, 0.29) is 6.61 Å². The molecule has 0 spiro atoms. The minimum Gasteiger partial charge on any atom is -0.393 e. The summed E-state index contributed by atoms with van der Waals surface area (Å²) in [5.74, 6) is 0.688. The van der Waals surface area contributed by atoms with Gasteiger partial charge in [-0.05, 0) is 18.6 Å². The van der Waals surface area contributed by atoms with Crippen LogP contribution in [-0.2, 0) is 11.2 Å². The first-order chi connectivity index (χ1) is 10.7. The van der Waals surface area contributed by atoms with E-state index in [9.17, 15) is 5.11 Å². The van der Waals surface area contributed by atoms with Crippen LogP contribution in [0.4, 0.5) is 5.95 Å². The van der Waals surface area contributed by atoms with Crippen LogP contribution in [0.25, 0.3) is 0 Å². The fourth-order valence-electron chi connectivity index (χ4n) is 2.92. The van der Waals surface area contributed by atoms with Crippen molar-refractivity contribution in [2.75, 3.05) is 31.2 Å². The zero-order valence-electron chi connectivity index (χ0n) is 12.8. The standard InChI is InChI=1S/C17H21N3O2/c1-14-4-2-5-15(10-14)11-17(13-21)12-20(8-9-22-17)16-18-6-3-7-19-16/h2-7,10,21H,8-9,11-13H2,1H3/t17-/m1/s1. The van der Waals surface area contributed by atoms with Crippen LogP contribution in [-0.4, -0.2) is 47.0 Å². The molecule has 5 heteroatoms. The molecule has 1 aromatic carbocycles. The molecule has 1 aliphatic rings. The van der Waals surface area contributed by atoms with Crippen molar-refractivity contribution in [2.45, 2.75) is 18.9 Å². The van der Waals surface area contributed by atoms with Gasteiger partial charge in [-0.2, -0.15) is 0 Å². The molecule has 5 nitrogen and oxygen atoms in total. The third kappa shape index (κ3) is 3.26. The number of aliphatic hydroxyl groups excluding tert-OH is 1. The monoisotopic (exact) mass is 299 g/mol. The van der Waals surface area contributed by atoms with Gasteiger partial charge in [0.2, 0.25) is 5.95 Å². The van der Waals surface area contributed by atoms with Gasteiger partial charge < -0.3 is 14.7 Å². The number of anilines is 1. The number of aryl methyl sites for hydroxylation is 1. The Morgan fingerprint density at radius 2 is 2.09 bits per heavy atom. The summed E-state index contributed by atoms with van der Waals surface area (Å²) in [7, 11) is 0. The normalized spacial score (nSPS) is 21.8. The van der Waals surface area contributed by atoms with Crippen molar-refractivity contribution in [1.29, 1.82) is 0 Å². The molecular formula is C17H21N3O2. The van der Waals surface area contributed by atoms with Gasteiger partial charge in [0.15, 0.2) is 0 Å². The zero-order chi connectivity index (χ0) is 15.4. The predicted octanol–water partition coefficient (Wildman–Crippen LogP) is 1.60. The topological polar surface area (TPSA) is 58.5 Å². The fraction of sp³-hybridized carbons (Fsp3) is 0.412. The van der Waals surface area contributed by atoms with Crippen molar-refractivity contribution in [1.82, 2.24) is 9.97 Å². The van der Waals surface area contributed by atoms with E-state index in [1.807, 2.05) is 6.07 Å². The Labute approximate surface area is 130 Å². The lowest BCUT2D eigenvalue weighted by Gasteiger charge is -2.41. The highest BCUT2D eigenvalue weighted by molar-refractivity contribution is 5.32. The molecule has 0 bridgehead atoms. The maximum atomic E-state index is 9.94. The number of aliphatic hydroxyl groups is 1. The molecule has 0 unspecified atom stereocenters. The van der Waals surface area contributed by atoms with Gasteiger partial charge >= 0.3 is 0 Å². The molecule has 22 heavy (non-hydrogen) atoms. The van der Waals surface area contributed by atoms with Crippen molar-refractivity contribution in [3.63, 3.8) is 0 Å². The highest BCUT2D eigenvalue weighted by Crippen LogP contribution is 2.25. The number of hydrogen-bond donors (Lipinski definition) is 1. The molecule has 2 heterocycles. The van der Waals surface area contributed by atoms with E-state index in [0.717, 1.165) is 6.54 Å². The average molecular weight is 299 g/mol. The Hall–Kier alpha value is -1.98. The van der Waals surface area contributed by atoms with Crippen LogP contribution in [0.2, 0.25) is 0 Å². The summed E-state index contributed by atoms with van der Waals surface area (Å²) < 4.78 is 5.96. The van der Waals surface area contributed by atoms with Crippen molar-refractivity contribution < 1.29 is 9.84 Å². The number of hydrogen-bond acceptors (Lipinski definition) is 5. The summed E-state index contributed by atoms with van der Waals surface area (Å²) in [6.45, 7) is 3.93. The van der Waals surface area contributed by atoms with Crippen LogP contribution >= 0.6 is 0 Å². The molecule has 1 aromatic heterocycles. The van der Waals surface area contributed by atoms with E-state index in [1.165, 1.54) is 11.1 Å². The van der Waals surface area contributed by atoms with Gasteiger partial charge in [-0.3, -0.25) is 0 Å². The van der Waals surface area contributed by atoms with Gasteiger partial charge in [-0.25, -0.2) is 9.97 Å². The van der Waals surface area contributed by atoms with Gasteiger partial charge in [-0.1, -0.05) is 29.8 Å². The summed E-state index contributed by atoms with van der Waals surface area (Å²) in [6, 6.07) is 10.1. The Balaban J connectivity index is 1.80. The third-order valence-corrected chi connectivity index (χ3v) is 3.98. The average Bonchev–Trinajstić information content (AvgIpc) is 2.56. The SMILES string of the molecule is Cc1cccc(C[C@]2(CO)CN(c3ncccn3)CCO2)c1. The van der Waals surface area contributed by atoms with Gasteiger partial charge in [0, 0.05) is 25.4 Å². The number of benzene rings is 1. The lowest BCUT2D eigenvalue weighted by molar-refractivity contribution is -0.0871. The van der Waals surface area contributed by atoms with Gasteiger partial charge in [0.05, 0.1) is 19.8 Å². The maximum Gasteiger partial charge on any atom is 0.225 e. The molecule has 0 aliphatic carbocycles. The van der Waals surface area contributed by atoms with Crippen LogP contribution in [0.1, 0.15) is 11.1 Å². The molecule has 1 atom stereocenters. The minimum atomic E-state index is -0.606. The fourth-order valence-corrected chi connectivity index (χ4v) is 2.92. The van der Waals surface area contributed by atoms with Crippen LogP contribution in [0.5, 0.6) is 0 Å². The summed E-state index contributed by atoms with van der Waals surface area (Å²) in [6.07, 6.45) is 4.15. The Kier molecular flexibility index (Phi) is 4.36. The van der Waals surface area contributed by atoms with Gasteiger partial charge in [0.1, 0.15) is 5.60 Å². The number of morpholine rings is 1. The molecule has 3 rings (SSSR count). The van der Waals surface area contributed by atoms with E-state index in [4.69, 9.17) is 4.74 Å². The van der Waals surface area contributed by atoms with Crippen molar-refractivity contribution >= 4 is 5.95 Å². The first-order valence-electron chi connectivity index (χ1n) is 7.53. The highest BCUT2D eigenvalue weighted by Gasteiger charge is 2.37. The first kappa shape index (κ1) is 14.9. The maximum absolute atomic E-state index is 9.94. The van der Waals surface area contributed by atoms with Crippen molar-refractivity contribution in [2.24, 2.45) is 0 Å². The van der Waals surface area contributed by atoms with Gasteiger partial charge in [-0.15, -0.1) is 0 Å². The Morgan fingerprint density at radius 1 is 1.27 bits per heavy atom. The van der Waals surface area contributed by atoms with Crippen molar-refractivity contribution in [3.8, 4) is 0 Å². The first-order valence-corrected chi connectivity index (χ1v) is 7.53. The second-order valence-electron chi connectivity index (χ2n) is 5.83. The van der Waals surface area contributed by atoms with Crippen LogP contribution in [0, 0.1) is 6.92 Å². The zero-order valence-corrected chi connectivity index (χ0v) is 12.8. The minimum absolute atomic E-state index is 0.0235. The Morgan fingerprint density at radius 3 is 2.82 bits per heavy atom. The van der Waals surface area contributed by atoms with Gasteiger partial charge in [0.25, 0.3) is 0 Å². The molecule has 0 saturated carbocycles. The number of rotatable bonds is 4. The van der Waals surface area contributed by atoms with E-state index < -0.39 is 5.60 Å². The number of aromatic nitrogens is 2. The largest absolute Gasteiger partial charge is 0.393 e. The summed E-state index contributed by atoms with van der Waals surface area (Å²) in [5.41, 5.74) is 1.78. The molecule has 1 fully saturated rings. The molecular weight excluding hydrogens is 278 g/mol. The number of nitrogens with zero attached hydrogens (tertiary/aromatic N) is 3. The van der Waals surface area contributed by atoms with E-state index in [0.29, 0.717) is 25.5 Å².